The highest BCUT2D eigenvalue weighted by atomic mass is 16.3. The SMILES string of the molecule is O=C(NC(CO)c1ccccc1)c1cccc(-n2cnnn2)c1. The lowest BCUT2D eigenvalue weighted by Crippen LogP contribution is -2.30. The molecule has 1 unspecified atom stereocenters. The van der Waals surface area contributed by atoms with E-state index in [9.17, 15) is 9.90 Å². The molecule has 0 radical (unpaired) electrons. The number of aliphatic hydroxyl groups excluding tert-OH is 1. The van der Waals surface area contributed by atoms with Crippen LogP contribution in [0.25, 0.3) is 5.69 Å². The van der Waals surface area contributed by atoms with Crippen LogP contribution in [0.2, 0.25) is 0 Å². The fourth-order valence-electron chi connectivity index (χ4n) is 2.23. The van der Waals surface area contributed by atoms with Crippen LogP contribution >= 0.6 is 0 Å². The molecule has 0 saturated heterocycles. The lowest BCUT2D eigenvalue weighted by molar-refractivity contribution is 0.0916. The molecule has 2 N–H and O–H groups in total. The topological polar surface area (TPSA) is 92.9 Å². The fourth-order valence-corrected chi connectivity index (χ4v) is 2.23. The second-order valence-corrected chi connectivity index (χ2v) is 4.92. The summed E-state index contributed by atoms with van der Waals surface area (Å²) in [5.41, 5.74) is 2.00. The standard InChI is InChI=1S/C16H15N5O2/c22-10-15(12-5-2-1-3-6-12)18-16(23)13-7-4-8-14(9-13)21-11-17-19-20-21/h1-9,11,15,22H,10H2,(H,18,23). The van der Waals surface area contributed by atoms with Crippen molar-refractivity contribution in [1.82, 2.24) is 25.5 Å². The summed E-state index contributed by atoms with van der Waals surface area (Å²) in [5.74, 6) is -0.275. The number of tetrazole rings is 1. The van der Waals surface area contributed by atoms with Gasteiger partial charge in [-0.3, -0.25) is 4.79 Å². The minimum Gasteiger partial charge on any atom is -0.394 e. The normalized spacial score (nSPS) is 11.9. The van der Waals surface area contributed by atoms with E-state index >= 15 is 0 Å². The van der Waals surface area contributed by atoms with Gasteiger partial charge in [0.1, 0.15) is 6.33 Å². The lowest BCUT2D eigenvalue weighted by atomic mass is 10.1. The number of aliphatic hydroxyl groups is 1. The van der Waals surface area contributed by atoms with Crippen molar-refractivity contribution in [2.75, 3.05) is 6.61 Å². The average Bonchev–Trinajstić information content (AvgIpc) is 3.15. The van der Waals surface area contributed by atoms with E-state index in [0.29, 0.717) is 11.3 Å². The summed E-state index contributed by atoms with van der Waals surface area (Å²) in [6.07, 6.45) is 1.46. The van der Waals surface area contributed by atoms with Crippen molar-refractivity contribution < 1.29 is 9.90 Å². The summed E-state index contributed by atoms with van der Waals surface area (Å²) >= 11 is 0. The van der Waals surface area contributed by atoms with Crippen LogP contribution in [0.3, 0.4) is 0 Å². The maximum Gasteiger partial charge on any atom is 0.251 e. The van der Waals surface area contributed by atoms with Gasteiger partial charge in [-0.2, -0.15) is 0 Å². The van der Waals surface area contributed by atoms with Gasteiger partial charge in [-0.25, -0.2) is 4.68 Å². The van der Waals surface area contributed by atoms with Crippen LogP contribution in [0.4, 0.5) is 0 Å². The van der Waals surface area contributed by atoms with E-state index < -0.39 is 6.04 Å². The van der Waals surface area contributed by atoms with Crippen molar-refractivity contribution >= 4 is 5.91 Å². The first kappa shape index (κ1) is 14.9. The van der Waals surface area contributed by atoms with Crippen molar-refractivity contribution in [2.24, 2.45) is 0 Å². The molecule has 1 amide bonds. The molecule has 2 aromatic carbocycles. The Kier molecular flexibility index (Phi) is 4.39. The Balaban J connectivity index is 1.79. The van der Waals surface area contributed by atoms with Gasteiger partial charge in [0.15, 0.2) is 0 Å². The Morgan fingerprint density at radius 3 is 2.70 bits per heavy atom. The number of carbonyl (C=O) groups excluding carboxylic acids is 1. The molecule has 0 bridgehead atoms. The average molecular weight is 309 g/mol. The number of nitrogens with zero attached hydrogens (tertiary/aromatic N) is 4. The lowest BCUT2D eigenvalue weighted by Gasteiger charge is -2.17. The molecule has 7 heteroatoms. The Labute approximate surface area is 132 Å². The summed E-state index contributed by atoms with van der Waals surface area (Å²) in [7, 11) is 0. The van der Waals surface area contributed by atoms with Crippen LogP contribution < -0.4 is 5.32 Å². The first-order valence-corrected chi connectivity index (χ1v) is 7.08. The second kappa shape index (κ2) is 6.80. The minimum atomic E-state index is -0.458. The number of hydrogen-bond donors (Lipinski definition) is 2. The number of rotatable bonds is 5. The molecule has 7 nitrogen and oxygen atoms in total. The molecule has 23 heavy (non-hydrogen) atoms. The number of amides is 1. The predicted molar refractivity (Wildman–Crippen MR) is 82.9 cm³/mol. The van der Waals surface area contributed by atoms with Crippen molar-refractivity contribution in [2.45, 2.75) is 6.04 Å². The molecule has 1 aromatic heterocycles. The highest BCUT2D eigenvalue weighted by molar-refractivity contribution is 5.95. The molecule has 0 aliphatic heterocycles. The van der Waals surface area contributed by atoms with E-state index in [0.717, 1.165) is 5.56 Å². The molecule has 0 fully saturated rings. The van der Waals surface area contributed by atoms with E-state index in [2.05, 4.69) is 20.8 Å². The van der Waals surface area contributed by atoms with Gasteiger partial charge in [-0.05, 0) is 34.2 Å². The summed E-state index contributed by atoms with van der Waals surface area (Å²) < 4.78 is 1.47. The number of nitrogens with one attached hydrogen (secondary N) is 1. The van der Waals surface area contributed by atoms with Crippen molar-refractivity contribution in [3.63, 3.8) is 0 Å². The zero-order valence-electron chi connectivity index (χ0n) is 12.2. The first-order chi connectivity index (χ1) is 11.3. The monoisotopic (exact) mass is 309 g/mol. The number of benzene rings is 2. The maximum absolute atomic E-state index is 12.4. The zero-order valence-corrected chi connectivity index (χ0v) is 12.2. The van der Waals surface area contributed by atoms with Gasteiger partial charge in [0.05, 0.1) is 18.3 Å². The van der Waals surface area contributed by atoms with E-state index in [1.165, 1.54) is 11.0 Å². The fraction of sp³-hybridized carbons (Fsp3) is 0.125. The minimum absolute atomic E-state index is 0.178. The summed E-state index contributed by atoms with van der Waals surface area (Å²) in [5, 5.41) is 23.3. The van der Waals surface area contributed by atoms with Crippen molar-refractivity contribution in [3.8, 4) is 5.69 Å². The largest absolute Gasteiger partial charge is 0.394 e. The number of carbonyl (C=O) groups is 1. The van der Waals surface area contributed by atoms with E-state index in [-0.39, 0.29) is 12.5 Å². The van der Waals surface area contributed by atoms with Crippen LogP contribution in [0.5, 0.6) is 0 Å². The van der Waals surface area contributed by atoms with Gasteiger partial charge in [0, 0.05) is 5.56 Å². The zero-order chi connectivity index (χ0) is 16.1. The molecule has 0 saturated carbocycles. The molecule has 3 aromatic rings. The van der Waals surface area contributed by atoms with E-state index in [1.807, 2.05) is 30.3 Å². The molecule has 116 valence electrons. The van der Waals surface area contributed by atoms with Gasteiger partial charge in [0.25, 0.3) is 5.91 Å². The van der Waals surface area contributed by atoms with Crippen LogP contribution in [0.1, 0.15) is 22.0 Å². The third-order valence-corrected chi connectivity index (χ3v) is 3.41. The molecular formula is C16H15N5O2. The van der Waals surface area contributed by atoms with Crippen LogP contribution in [-0.4, -0.2) is 37.8 Å². The molecule has 0 aliphatic rings. The molecule has 1 atom stereocenters. The molecule has 3 rings (SSSR count). The van der Waals surface area contributed by atoms with Gasteiger partial charge in [0.2, 0.25) is 0 Å². The van der Waals surface area contributed by atoms with Crippen LogP contribution in [-0.2, 0) is 0 Å². The van der Waals surface area contributed by atoms with E-state index in [4.69, 9.17) is 0 Å². The van der Waals surface area contributed by atoms with Crippen LogP contribution in [0, 0.1) is 0 Å². The van der Waals surface area contributed by atoms with Gasteiger partial charge >= 0.3 is 0 Å². The number of hydrogen-bond acceptors (Lipinski definition) is 5. The first-order valence-electron chi connectivity index (χ1n) is 7.08. The molecule has 0 aliphatic carbocycles. The highest BCUT2D eigenvalue weighted by Crippen LogP contribution is 2.14. The Morgan fingerprint density at radius 1 is 1.17 bits per heavy atom. The summed E-state index contributed by atoms with van der Waals surface area (Å²) in [6.45, 7) is -0.178. The second-order valence-electron chi connectivity index (χ2n) is 4.92. The van der Waals surface area contributed by atoms with Crippen molar-refractivity contribution in [1.29, 1.82) is 0 Å². The van der Waals surface area contributed by atoms with Gasteiger partial charge in [-0.15, -0.1) is 5.10 Å². The summed E-state index contributed by atoms with van der Waals surface area (Å²) in [4.78, 5) is 12.4. The Bertz CT molecular complexity index is 774. The third-order valence-electron chi connectivity index (χ3n) is 3.41. The number of aromatic nitrogens is 4. The van der Waals surface area contributed by atoms with E-state index in [1.54, 1.807) is 24.3 Å². The van der Waals surface area contributed by atoms with Gasteiger partial charge in [-0.1, -0.05) is 36.4 Å². The van der Waals surface area contributed by atoms with Crippen LogP contribution in [0.15, 0.2) is 60.9 Å². The maximum atomic E-state index is 12.4. The highest BCUT2D eigenvalue weighted by Gasteiger charge is 2.15. The summed E-state index contributed by atoms with van der Waals surface area (Å²) in [6, 6.07) is 15.8. The van der Waals surface area contributed by atoms with Gasteiger partial charge < -0.3 is 10.4 Å². The van der Waals surface area contributed by atoms with Crippen molar-refractivity contribution in [3.05, 3.63) is 72.1 Å². The smallest absolute Gasteiger partial charge is 0.251 e. The Morgan fingerprint density at radius 2 is 2.00 bits per heavy atom. The predicted octanol–water partition coefficient (Wildman–Crippen LogP) is 1.13. The molecule has 1 heterocycles. The molecule has 0 spiro atoms. The Hall–Kier alpha value is -3.06. The quantitative estimate of drug-likeness (QED) is 0.737. The third kappa shape index (κ3) is 3.41. The molecular weight excluding hydrogens is 294 g/mol.